The van der Waals surface area contributed by atoms with Gasteiger partial charge in [-0.2, -0.15) is 0 Å². The van der Waals surface area contributed by atoms with E-state index in [0.29, 0.717) is 5.92 Å². The lowest BCUT2D eigenvalue weighted by Crippen LogP contribution is -2.34. The van der Waals surface area contributed by atoms with Crippen molar-refractivity contribution >= 4 is 11.4 Å². The average Bonchev–Trinajstić information content (AvgIpc) is 3.32. The van der Waals surface area contributed by atoms with Gasteiger partial charge in [-0.15, -0.1) is 0 Å². The summed E-state index contributed by atoms with van der Waals surface area (Å²) in [5, 5.41) is 2.15. The van der Waals surface area contributed by atoms with Crippen LogP contribution in [-0.2, 0) is 0 Å². The highest BCUT2D eigenvalue weighted by atomic mass is 16.5. The van der Waals surface area contributed by atoms with Crippen LogP contribution in [0.5, 0.6) is 23.0 Å². The molecule has 0 saturated heterocycles. The van der Waals surface area contributed by atoms with E-state index in [-0.39, 0.29) is 6.04 Å². The summed E-state index contributed by atoms with van der Waals surface area (Å²) in [5.41, 5.74) is 8.85. The van der Waals surface area contributed by atoms with E-state index in [1.54, 1.807) is 28.4 Å². The van der Waals surface area contributed by atoms with Crippen molar-refractivity contribution in [3.8, 4) is 23.0 Å². The normalized spacial score (nSPS) is 15.1. The second kappa shape index (κ2) is 10.00. The van der Waals surface area contributed by atoms with Crippen LogP contribution in [0.3, 0.4) is 0 Å². The van der Waals surface area contributed by atoms with E-state index < -0.39 is 0 Å². The number of hydrazine groups is 1. The molecule has 0 fully saturated rings. The van der Waals surface area contributed by atoms with Crippen LogP contribution in [0.25, 0.3) is 5.70 Å². The summed E-state index contributed by atoms with van der Waals surface area (Å²) < 4.78 is 22.2. The predicted octanol–water partition coefficient (Wildman–Crippen LogP) is 5.95. The molecule has 0 saturated carbocycles. The van der Waals surface area contributed by atoms with Gasteiger partial charge in [0.2, 0.25) is 0 Å². The fourth-order valence-electron chi connectivity index (χ4n) is 4.18. The SMILES string of the molecule is COc1ccc(C2=CC(c3ccc(OC)cc3OC)N(c3ccc(C(C)C)cc3)N2)c(OC)c1. The van der Waals surface area contributed by atoms with Gasteiger partial charge in [0.15, 0.2) is 0 Å². The van der Waals surface area contributed by atoms with Crippen LogP contribution in [0.15, 0.2) is 66.7 Å². The molecule has 3 aromatic carbocycles. The molecular weight excluding hydrogens is 428 g/mol. The Labute approximate surface area is 201 Å². The van der Waals surface area contributed by atoms with E-state index in [9.17, 15) is 0 Å². The maximum Gasteiger partial charge on any atom is 0.131 e. The molecule has 178 valence electrons. The molecule has 1 aliphatic rings. The summed E-state index contributed by atoms with van der Waals surface area (Å²) in [6.07, 6.45) is 2.19. The van der Waals surface area contributed by atoms with E-state index in [1.165, 1.54) is 5.56 Å². The van der Waals surface area contributed by atoms with Gasteiger partial charge >= 0.3 is 0 Å². The van der Waals surface area contributed by atoms with Gasteiger partial charge in [0.05, 0.1) is 45.9 Å². The zero-order valence-electron chi connectivity index (χ0n) is 20.6. The molecule has 1 heterocycles. The largest absolute Gasteiger partial charge is 0.497 e. The molecule has 4 rings (SSSR count). The molecule has 1 N–H and O–H groups in total. The lowest BCUT2D eigenvalue weighted by molar-refractivity contribution is 0.389. The quantitative estimate of drug-likeness (QED) is 0.448. The number of hydrogen-bond acceptors (Lipinski definition) is 6. The van der Waals surface area contributed by atoms with Crippen molar-refractivity contribution in [3.05, 3.63) is 83.4 Å². The Bertz CT molecular complexity index is 1170. The number of benzene rings is 3. The van der Waals surface area contributed by atoms with Crippen LogP contribution in [-0.4, -0.2) is 28.4 Å². The van der Waals surface area contributed by atoms with Crippen LogP contribution in [0.1, 0.15) is 42.5 Å². The number of nitrogens with one attached hydrogen (secondary N) is 1. The Hall–Kier alpha value is -3.80. The van der Waals surface area contributed by atoms with Gasteiger partial charge in [-0.25, -0.2) is 0 Å². The Kier molecular flexibility index (Phi) is 6.87. The van der Waals surface area contributed by atoms with Gasteiger partial charge < -0.3 is 18.9 Å². The first kappa shape index (κ1) is 23.4. The molecule has 1 atom stereocenters. The summed E-state index contributed by atoms with van der Waals surface area (Å²) >= 11 is 0. The molecule has 0 radical (unpaired) electrons. The minimum absolute atomic E-state index is 0.118. The van der Waals surface area contributed by atoms with Crippen molar-refractivity contribution in [2.24, 2.45) is 0 Å². The van der Waals surface area contributed by atoms with Crippen LogP contribution in [0.2, 0.25) is 0 Å². The maximum atomic E-state index is 5.75. The Morgan fingerprint density at radius 1 is 0.735 bits per heavy atom. The number of methoxy groups -OCH3 is 4. The number of ether oxygens (including phenoxy) is 4. The van der Waals surface area contributed by atoms with E-state index in [0.717, 1.165) is 45.5 Å². The highest BCUT2D eigenvalue weighted by molar-refractivity contribution is 5.76. The van der Waals surface area contributed by atoms with E-state index in [4.69, 9.17) is 18.9 Å². The Morgan fingerprint density at radius 3 is 1.94 bits per heavy atom. The minimum Gasteiger partial charge on any atom is -0.497 e. The molecule has 1 unspecified atom stereocenters. The summed E-state index contributed by atoms with van der Waals surface area (Å²) in [7, 11) is 6.65. The lowest BCUT2D eigenvalue weighted by Gasteiger charge is -2.29. The first-order chi connectivity index (χ1) is 16.5. The lowest BCUT2D eigenvalue weighted by atomic mass is 10.0. The van der Waals surface area contributed by atoms with Crippen LogP contribution >= 0.6 is 0 Å². The van der Waals surface area contributed by atoms with Crippen molar-refractivity contribution in [2.45, 2.75) is 25.8 Å². The summed E-state index contributed by atoms with van der Waals surface area (Å²) in [5.74, 6) is 3.45. The zero-order chi connectivity index (χ0) is 24.2. The second-order valence-corrected chi connectivity index (χ2v) is 8.43. The molecule has 0 spiro atoms. The molecule has 0 bridgehead atoms. The molecule has 0 amide bonds. The number of hydrogen-bond donors (Lipinski definition) is 1. The van der Waals surface area contributed by atoms with Gasteiger partial charge in [-0.1, -0.05) is 26.0 Å². The number of nitrogens with zero attached hydrogens (tertiary/aromatic N) is 1. The molecule has 0 aromatic heterocycles. The van der Waals surface area contributed by atoms with E-state index in [2.05, 4.69) is 54.6 Å². The molecular formula is C28H32N2O4. The van der Waals surface area contributed by atoms with Crippen LogP contribution in [0, 0.1) is 0 Å². The summed E-state index contributed by atoms with van der Waals surface area (Å²) in [4.78, 5) is 0. The number of anilines is 1. The first-order valence-electron chi connectivity index (χ1n) is 11.3. The summed E-state index contributed by atoms with van der Waals surface area (Å²) in [6.45, 7) is 4.40. The Balaban J connectivity index is 1.80. The smallest absolute Gasteiger partial charge is 0.131 e. The molecule has 1 aliphatic heterocycles. The summed E-state index contributed by atoms with van der Waals surface area (Å²) in [6, 6.07) is 20.3. The fourth-order valence-corrected chi connectivity index (χ4v) is 4.18. The van der Waals surface area contributed by atoms with E-state index >= 15 is 0 Å². The maximum absolute atomic E-state index is 5.75. The zero-order valence-corrected chi connectivity index (χ0v) is 20.6. The van der Waals surface area contributed by atoms with Crippen molar-refractivity contribution in [3.63, 3.8) is 0 Å². The second-order valence-electron chi connectivity index (χ2n) is 8.43. The molecule has 0 aliphatic carbocycles. The van der Waals surface area contributed by atoms with Crippen LogP contribution in [0.4, 0.5) is 5.69 Å². The molecule has 3 aromatic rings. The average molecular weight is 461 g/mol. The highest BCUT2D eigenvalue weighted by Crippen LogP contribution is 2.42. The van der Waals surface area contributed by atoms with Crippen LogP contribution < -0.4 is 29.4 Å². The number of rotatable bonds is 8. The van der Waals surface area contributed by atoms with Gasteiger partial charge in [0.25, 0.3) is 0 Å². The predicted molar refractivity (Wildman–Crippen MR) is 136 cm³/mol. The first-order valence-corrected chi connectivity index (χ1v) is 11.3. The van der Waals surface area contributed by atoms with Crippen molar-refractivity contribution in [1.82, 2.24) is 5.43 Å². The van der Waals surface area contributed by atoms with Gasteiger partial charge in [0, 0.05) is 23.3 Å². The van der Waals surface area contributed by atoms with E-state index in [1.807, 2.05) is 36.4 Å². The van der Waals surface area contributed by atoms with Crippen molar-refractivity contribution in [1.29, 1.82) is 0 Å². The minimum atomic E-state index is -0.118. The highest BCUT2D eigenvalue weighted by Gasteiger charge is 2.30. The third kappa shape index (κ3) is 4.49. The standard InChI is InChI=1S/C28H32N2O4/c1-18(2)19-7-9-20(10-8-19)30-26(24-14-12-22(32-4)16-28(24)34-6)17-25(29-30)23-13-11-21(31-3)15-27(23)33-5/h7-18,26,29H,1-6H3. The molecule has 6 heteroatoms. The molecule has 6 nitrogen and oxygen atoms in total. The fraction of sp³-hybridized carbons (Fsp3) is 0.286. The monoisotopic (exact) mass is 460 g/mol. The van der Waals surface area contributed by atoms with Gasteiger partial charge in [0.1, 0.15) is 23.0 Å². The third-order valence-electron chi connectivity index (χ3n) is 6.14. The molecule has 34 heavy (non-hydrogen) atoms. The van der Waals surface area contributed by atoms with Crippen molar-refractivity contribution < 1.29 is 18.9 Å². The van der Waals surface area contributed by atoms with Crippen molar-refractivity contribution in [2.75, 3.05) is 33.4 Å². The van der Waals surface area contributed by atoms with Gasteiger partial charge in [-0.05, 0) is 54.0 Å². The third-order valence-corrected chi connectivity index (χ3v) is 6.14. The van der Waals surface area contributed by atoms with Gasteiger partial charge in [-0.3, -0.25) is 10.4 Å². The Morgan fingerprint density at radius 2 is 1.35 bits per heavy atom. The topological polar surface area (TPSA) is 52.2 Å².